The number of pyridine rings is 1. The number of aryl methyl sites for hydroxylation is 1. The molecule has 18 heavy (non-hydrogen) atoms. The van der Waals surface area contributed by atoms with E-state index in [0.717, 1.165) is 16.9 Å². The zero-order valence-electron chi connectivity index (χ0n) is 10.1. The molecule has 2 aromatic rings. The molecule has 0 aliphatic rings. The highest BCUT2D eigenvalue weighted by Gasteiger charge is 2.00. The minimum Gasteiger partial charge on any atom is -0.398 e. The predicted octanol–water partition coefficient (Wildman–Crippen LogP) is 2.46. The van der Waals surface area contributed by atoms with Gasteiger partial charge < -0.3 is 11.1 Å². The summed E-state index contributed by atoms with van der Waals surface area (Å²) in [5, 5.41) is 12.0. The zero-order valence-corrected chi connectivity index (χ0v) is 10.1. The van der Waals surface area contributed by atoms with Crippen LogP contribution in [-0.2, 0) is 6.54 Å². The third-order valence-electron chi connectivity index (χ3n) is 2.64. The van der Waals surface area contributed by atoms with Crippen molar-refractivity contribution in [1.82, 2.24) is 4.98 Å². The van der Waals surface area contributed by atoms with Gasteiger partial charge in [-0.25, -0.2) is 0 Å². The summed E-state index contributed by atoms with van der Waals surface area (Å²) in [5.74, 6) is 0. The molecule has 1 aromatic heterocycles. The maximum absolute atomic E-state index is 8.78. The lowest BCUT2D eigenvalue weighted by atomic mass is 10.1. The quantitative estimate of drug-likeness (QED) is 0.805. The number of nitrogens with two attached hydrogens (primary N) is 1. The van der Waals surface area contributed by atoms with E-state index in [1.807, 2.05) is 37.4 Å². The second-order valence-electron chi connectivity index (χ2n) is 4.08. The predicted molar refractivity (Wildman–Crippen MR) is 71.9 cm³/mol. The van der Waals surface area contributed by atoms with Gasteiger partial charge >= 0.3 is 0 Å². The minimum absolute atomic E-state index is 0.490. The molecule has 0 aliphatic heterocycles. The molecule has 0 radical (unpaired) electrons. The summed E-state index contributed by atoms with van der Waals surface area (Å²) in [5.41, 5.74) is 9.73. The first-order valence-electron chi connectivity index (χ1n) is 5.64. The van der Waals surface area contributed by atoms with Gasteiger partial charge in [0.05, 0.1) is 11.3 Å². The Balaban J connectivity index is 2.04. The molecule has 2 rings (SSSR count). The van der Waals surface area contributed by atoms with Crippen LogP contribution >= 0.6 is 0 Å². The standard InChI is InChI=1S/C14H14N4/c1-10-2-3-11(8-17-10)9-18-13-5-4-12(7-15)14(16)6-13/h2-6,8,18H,9,16H2,1H3. The molecule has 0 aliphatic carbocycles. The summed E-state index contributed by atoms with van der Waals surface area (Å²) >= 11 is 0. The molecule has 0 amide bonds. The molecule has 0 fully saturated rings. The Morgan fingerprint density at radius 3 is 2.78 bits per heavy atom. The molecule has 1 aromatic carbocycles. The van der Waals surface area contributed by atoms with Gasteiger partial charge in [0.1, 0.15) is 6.07 Å². The van der Waals surface area contributed by atoms with Crippen LogP contribution < -0.4 is 11.1 Å². The van der Waals surface area contributed by atoms with Gasteiger partial charge in [-0.2, -0.15) is 5.26 Å². The molecular weight excluding hydrogens is 224 g/mol. The van der Waals surface area contributed by atoms with E-state index in [1.165, 1.54) is 0 Å². The number of benzene rings is 1. The number of hydrogen-bond acceptors (Lipinski definition) is 4. The number of hydrogen-bond donors (Lipinski definition) is 2. The molecule has 0 spiro atoms. The molecule has 4 nitrogen and oxygen atoms in total. The number of nitriles is 1. The van der Waals surface area contributed by atoms with Crippen molar-refractivity contribution in [2.75, 3.05) is 11.1 Å². The Labute approximate surface area is 106 Å². The van der Waals surface area contributed by atoms with E-state index in [9.17, 15) is 0 Å². The fraction of sp³-hybridized carbons (Fsp3) is 0.143. The zero-order chi connectivity index (χ0) is 13.0. The van der Waals surface area contributed by atoms with Crippen molar-refractivity contribution in [3.8, 4) is 6.07 Å². The van der Waals surface area contributed by atoms with Gasteiger partial charge in [0.15, 0.2) is 0 Å². The number of nitrogen functional groups attached to an aromatic ring is 1. The van der Waals surface area contributed by atoms with Crippen molar-refractivity contribution >= 4 is 11.4 Å². The average molecular weight is 238 g/mol. The van der Waals surface area contributed by atoms with E-state index >= 15 is 0 Å². The highest BCUT2D eigenvalue weighted by Crippen LogP contribution is 2.17. The topological polar surface area (TPSA) is 74.7 Å². The van der Waals surface area contributed by atoms with Crippen LogP contribution in [0.15, 0.2) is 36.5 Å². The van der Waals surface area contributed by atoms with Crippen LogP contribution in [0.5, 0.6) is 0 Å². The third kappa shape index (κ3) is 2.77. The molecule has 90 valence electrons. The number of anilines is 2. The number of rotatable bonds is 3. The Morgan fingerprint density at radius 1 is 1.33 bits per heavy atom. The molecular formula is C14H14N4. The lowest BCUT2D eigenvalue weighted by molar-refractivity contribution is 1.09. The molecule has 0 bridgehead atoms. The number of aromatic nitrogens is 1. The second kappa shape index (κ2) is 5.19. The second-order valence-corrected chi connectivity index (χ2v) is 4.08. The Bertz CT molecular complexity index is 582. The fourth-order valence-corrected chi connectivity index (χ4v) is 1.58. The van der Waals surface area contributed by atoms with Crippen LogP contribution in [0, 0.1) is 18.3 Å². The normalized spacial score (nSPS) is 9.78. The lowest BCUT2D eigenvalue weighted by Crippen LogP contribution is -2.01. The van der Waals surface area contributed by atoms with Crippen LogP contribution in [0.3, 0.4) is 0 Å². The largest absolute Gasteiger partial charge is 0.398 e. The maximum atomic E-state index is 8.78. The van der Waals surface area contributed by atoms with Crippen molar-refractivity contribution in [2.24, 2.45) is 0 Å². The average Bonchev–Trinajstić information content (AvgIpc) is 2.38. The minimum atomic E-state index is 0.490. The first-order chi connectivity index (χ1) is 8.69. The van der Waals surface area contributed by atoms with Gasteiger partial charge in [-0.3, -0.25) is 4.98 Å². The van der Waals surface area contributed by atoms with Crippen molar-refractivity contribution in [3.05, 3.63) is 53.3 Å². The fourth-order valence-electron chi connectivity index (χ4n) is 1.58. The van der Waals surface area contributed by atoms with Gasteiger partial charge in [-0.05, 0) is 36.8 Å². The van der Waals surface area contributed by atoms with Crippen molar-refractivity contribution < 1.29 is 0 Å². The van der Waals surface area contributed by atoms with E-state index in [1.54, 1.807) is 12.1 Å². The van der Waals surface area contributed by atoms with Crippen molar-refractivity contribution in [2.45, 2.75) is 13.5 Å². The summed E-state index contributed by atoms with van der Waals surface area (Å²) in [6.45, 7) is 2.64. The van der Waals surface area contributed by atoms with E-state index in [0.29, 0.717) is 17.8 Å². The first kappa shape index (κ1) is 11.9. The van der Waals surface area contributed by atoms with Gasteiger partial charge in [0.2, 0.25) is 0 Å². The Morgan fingerprint density at radius 2 is 2.17 bits per heavy atom. The summed E-state index contributed by atoms with van der Waals surface area (Å²) < 4.78 is 0. The summed E-state index contributed by atoms with van der Waals surface area (Å²) in [4.78, 5) is 4.23. The maximum Gasteiger partial charge on any atom is 0.101 e. The lowest BCUT2D eigenvalue weighted by Gasteiger charge is -2.08. The van der Waals surface area contributed by atoms with E-state index in [4.69, 9.17) is 11.0 Å². The summed E-state index contributed by atoms with van der Waals surface area (Å²) in [6, 6.07) is 11.4. The van der Waals surface area contributed by atoms with Gasteiger partial charge in [-0.15, -0.1) is 0 Å². The highest BCUT2D eigenvalue weighted by atomic mass is 14.9. The van der Waals surface area contributed by atoms with Crippen LogP contribution in [-0.4, -0.2) is 4.98 Å². The highest BCUT2D eigenvalue weighted by molar-refractivity contribution is 5.62. The molecule has 4 heteroatoms. The Kier molecular flexibility index (Phi) is 3.44. The number of nitrogens with one attached hydrogen (secondary N) is 1. The van der Waals surface area contributed by atoms with E-state index in [2.05, 4.69) is 10.3 Å². The van der Waals surface area contributed by atoms with Crippen LogP contribution in [0.1, 0.15) is 16.8 Å². The van der Waals surface area contributed by atoms with Crippen LogP contribution in [0.25, 0.3) is 0 Å². The van der Waals surface area contributed by atoms with Gasteiger partial charge in [0, 0.05) is 24.1 Å². The third-order valence-corrected chi connectivity index (χ3v) is 2.64. The van der Waals surface area contributed by atoms with Crippen molar-refractivity contribution in [1.29, 1.82) is 5.26 Å². The summed E-state index contributed by atoms with van der Waals surface area (Å²) in [7, 11) is 0. The Hall–Kier alpha value is -2.54. The monoisotopic (exact) mass is 238 g/mol. The molecule has 0 unspecified atom stereocenters. The molecule has 0 atom stereocenters. The molecule has 0 saturated carbocycles. The van der Waals surface area contributed by atoms with Crippen LogP contribution in [0.2, 0.25) is 0 Å². The van der Waals surface area contributed by atoms with E-state index in [-0.39, 0.29) is 0 Å². The molecule has 1 heterocycles. The van der Waals surface area contributed by atoms with Crippen molar-refractivity contribution in [3.63, 3.8) is 0 Å². The summed E-state index contributed by atoms with van der Waals surface area (Å²) in [6.07, 6.45) is 1.84. The molecule has 3 N–H and O–H groups in total. The molecule has 0 saturated heterocycles. The van der Waals surface area contributed by atoms with E-state index < -0.39 is 0 Å². The SMILES string of the molecule is Cc1ccc(CNc2ccc(C#N)c(N)c2)cn1. The smallest absolute Gasteiger partial charge is 0.101 e. The van der Waals surface area contributed by atoms with Crippen LogP contribution in [0.4, 0.5) is 11.4 Å². The number of nitrogens with zero attached hydrogens (tertiary/aromatic N) is 2. The first-order valence-corrected chi connectivity index (χ1v) is 5.64. The van der Waals surface area contributed by atoms with Gasteiger partial charge in [0.25, 0.3) is 0 Å². The van der Waals surface area contributed by atoms with Gasteiger partial charge in [-0.1, -0.05) is 6.07 Å².